The van der Waals surface area contributed by atoms with Crippen molar-refractivity contribution in [2.24, 2.45) is 0 Å². The summed E-state index contributed by atoms with van der Waals surface area (Å²) in [7, 11) is 3.14. The molecule has 1 N–H and O–H groups in total. The van der Waals surface area contributed by atoms with E-state index in [0.29, 0.717) is 31.3 Å². The highest BCUT2D eigenvalue weighted by Gasteiger charge is 2.23. The molecule has 2 aromatic rings. The topological polar surface area (TPSA) is 60.0 Å². The Morgan fingerprint density at radius 1 is 1.13 bits per heavy atom. The van der Waals surface area contributed by atoms with Gasteiger partial charge in [-0.2, -0.15) is 0 Å². The summed E-state index contributed by atoms with van der Waals surface area (Å²) in [5, 5.41) is 2.96. The summed E-state index contributed by atoms with van der Waals surface area (Å²) >= 11 is 0. The quantitative estimate of drug-likeness (QED) is 0.673. The van der Waals surface area contributed by atoms with E-state index < -0.39 is 0 Å². The minimum Gasteiger partial charge on any atom is -0.493 e. The molecule has 1 unspecified atom stereocenters. The van der Waals surface area contributed by atoms with Crippen LogP contribution in [0.3, 0.4) is 0 Å². The zero-order valence-corrected chi connectivity index (χ0v) is 17.3. The second-order valence-corrected chi connectivity index (χ2v) is 6.91. The lowest BCUT2D eigenvalue weighted by Gasteiger charge is -2.34. The first-order valence-electron chi connectivity index (χ1n) is 9.86. The number of rotatable bonds is 8. The van der Waals surface area contributed by atoms with E-state index >= 15 is 0 Å². The van der Waals surface area contributed by atoms with Crippen LogP contribution in [0.15, 0.2) is 48.5 Å². The Kier molecular flexibility index (Phi) is 7.82. The second kappa shape index (κ2) is 10.8. The van der Waals surface area contributed by atoms with Crippen LogP contribution in [0.5, 0.6) is 11.5 Å². The molecule has 1 atom stereocenters. The lowest BCUT2D eigenvalue weighted by Crippen LogP contribution is -2.43. The number of hydrogen-bond donors (Lipinski definition) is 1. The van der Waals surface area contributed by atoms with Crippen molar-refractivity contribution in [1.29, 1.82) is 0 Å². The van der Waals surface area contributed by atoms with Crippen molar-refractivity contribution in [2.75, 3.05) is 47.1 Å². The molecule has 1 heterocycles. The van der Waals surface area contributed by atoms with E-state index in [9.17, 15) is 9.18 Å². The third-order valence-electron chi connectivity index (χ3n) is 5.05. The Morgan fingerprint density at radius 3 is 2.50 bits per heavy atom. The molecule has 7 heteroatoms. The van der Waals surface area contributed by atoms with Gasteiger partial charge in [-0.15, -0.1) is 0 Å². The summed E-state index contributed by atoms with van der Waals surface area (Å²) in [6.07, 6.45) is 3.21. The molecule has 160 valence electrons. The number of benzene rings is 2. The van der Waals surface area contributed by atoms with E-state index in [2.05, 4.69) is 10.2 Å². The highest BCUT2D eigenvalue weighted by atomic mass is 19.1. The summed E-state index contributed by atoms with van der Waals surface area (Å²) in [6, 6.07) is 11.8. The predicted octanol–water partition coefficient (Wildman–Crippen LogP) is 3.05. The maximum Gasteiger partial charge on any atom is 0.244 e. The molecule has 1 fully saturated rings. The average molecular weight is 414 g/mol. The van der Waals surface area contributed by atoms with Gasteiger partial charge in [-0.1, -0.05) is 18.2 Å². The van der Waals surface area contributed by atoms with E-state index in [-0.39, 0.29) is 17.8 Å². The van der Waals surface area contributed by atoms with Crippen molar-refractivity contribution in [3.8, 4) is 11.5 Å². The van der Waals surface area contributed by atoms with Gasteiger partial charge in [0.15, 0.2) is 11.5 Å². The van der Waals surface area contributed by atoms with Gasteiger partial charge in [0.2, 0.25) is 5.91 Å². The monoisotopic (exact) mass is 414 g/mol. The van der Waals surface area contributed by atoms with Gasteiger partial charge in [-0.25, -0.2) is 4.39 Å². The summed E-state index contributed by atoms with van der Waals surface area (Å²) < 4.78 is 29.3. The molecular weight excluding hydrogens is 387 g/mol. The van der Waals surface area contributed by atoms with E-state index in [1.807, 2.05) is 6.07 Å². The molecule has 6 nitrogen and oxygen atoms in total. The molecule has 0 bridgehead atoms. The highest BCUT2D eigenvalue weighted by molar-refractivity contribution is 5.91. The van der Waals surface area contributed by atoms with E-state index in [1.54, 1.807) is 44.6 Å². The fourth-order valence-electron chi connectivity index (χ4n) is 3.42. The lowest BCUT2D eigenvalue weighted by atomic mass is 10.0. The first kappa shape index (κ1) is 21.8. The third kappa shape index (κ3) is 5.81. The molecule has 1 aliphatic heterocycles. The van der Waals surface area contributed by atoms with Crippen LogP contribution < -0.4 is 14.8 Å². The Bertz CT molecular complexity index is 864. The van der Waals surface area contributed by atoms with Gasteiger partial charge in [0.25, 0.3) is 0 Å². The van der Waals surface area contributed by atoms with Crippen LogP contribution >= 0.6 is 0 Å². The van der Waals surface area contributed by atoms with Gasteiger partial charge >= 0.3 is 0 Å². The number of carbonyl (C=O) groups excluding carboxylic acids is 1. The van der Waals surface area contributed by atoms with E-state index in [1.165, 1.54) is 18.2 Å². The number of methoxy groups -OCH3 is 2. The smallest absolute Gasteiger partial charge is 0.244 e. The van der Waals surface area contributed by atoms with Crippen molar-refractivity contribution in [1.82, 2.24) is 10.2 Å². The van der Waals surface area contributed by atoms with Gasteiger partial charge in [0.05, 0.1) is 33.5 Å². The van der Waals surface area contributed by atoms with Gasteiger partial charge in [-0.3, -0.25) is 9.69 Å². The number of morpholine rings is 1. The number of amides is 1. The Labute approximate surface area is 176 Å². The third-order valence-corrected chi connectivity index (χ3v) is 5.05. The number of carbonyl (C=O) groups is 1. The zero-order valence-electron chi connectivity index (χ0n) is 17.3. The lowest BCUT2D eigenvalue weighted by molar-refractivity contribution is -0.116. The fourth-order valence-corrected chi connectivity index (χ4v) is 3.42. The van der Waals surface area contributed by atoms with Crippen LogP contribution in [0.4, 0.5) is 4.39 Å². The summed E-state index contributed by atoms with van der Waals surface area (Å²) in [5.41, 5.74) is 1.79. The first-order chi connectivity index (χ1) is 14.6. The van der Waals surface area contributed by atoms with Crippen LogP contribution in [0.25, 0.3) is 6.08 Å². The first-order valence-corrected chi connectivity index (χ1v) is 9.86. The van der Waals surface area contributed by atoms with Crippen molar-refractivity contribution in [3.05, 3.63) is 65.5 Å². The highest BCUT2D eigenvalue weighted by Crippen LogP contribution is 2.28. The van der Waals surface area contributed by atoms with E-state index in [4.69, 9.17) is 14.2 Å². The molecule has 30 heavy (non-hydrogen) atoms. The maximum absolute atomic E-state index is 13.3. The molecular formula is C23H27FN2O4. The normalized spacial score (nSPS) is 15.7. The molecule has 0 aromatic heterocycles. The summed E-state index contributed by atoms with van der Waals surface area (Å²) in [6.45, 7) is 3.23. The summed E-state index contributed by atoms with van der Waals surface area (Å²) in [4.78, 5) is 14.7. The van der Waals surface area contributed by atoms with Crippen LogP contribution in [0.1, 0.15) is 17.2 Å². The number of ether oxygens (including phenoxy) is 3. The van der Waals surface area contributed by atoms with Gasteiger partial charge < -0.3 is 19.5 Å². The van der Waals surface area contributed by atoms with Crippen LogP contribution in [-0.4, -0.2) is 57.9 Å². The molecule has 1 amide bonds. The molecule has 0 aliphatic carbocycles. The predicted molar refractivity (Wildman–Crippen MR) is 113 cm³/mol. The molecule has 2 aromatic carbocycles. The Morgan fingerprint density at radius 2 is 1.83 bits per heavy atom. The van der Waals surface area contributed by atoms with Crippen molar-refractivity contribution in [3.63, 3.8) is 0 Å². The summed E-state index contributed by atoms with van der Waals surface area (Å²) in [5.74, 6) is 0.752. The molecule has 1 aliphatic rings. The molecule has 0 spiro atoms. The Balaban J connectivity index is 1.65. The minimum atomic E-state index is -0.277. The standard InChI is InChI=1S/C23H27FN2O4/c1-28-21-9-3-17(15-22(21)29-2)4-10-23(27)25-16-20(26-11-13-30-14-12-26)18-5-7-19(24)8-6-18/h3-10,15,20H,11-14,16H2,1-2H3,(H,25,27). The zero-order chi connectivity index (χ0) is 21.3. The maximum atomic E-state index is 13.3. The van der Waals surface area contributed by atoms with Crippen LogP contribution in [-0.2, 0) is 9.53 Å². The van der Waals surface area contributed by atoms with E-state index in [0.717, 1.165) is 24.2 Å². The Hall–Kier alpha value is -2.90. The fraction of sp³-hybridized carbons (Fsp3) is 0.348. The number of halogens is 1. The molecule has 3 rings (SSSR count). The van der Waals surface area contributed by atoms with Crippen LogP contribution in [0.2, 0.25) is 0 Å². The number of nitrogens with one attached hydrogen (secondary N) is 1. The van der Waals surface area contributed by atoms with Crippen molar-refractivity contribution < 1.29 is 23.4 Å². The van der Waals surface area contributed by atoms with Crippen molar-refractivity contribution >= 4 is 12.0 Å². The molecule has 1 saturated heterocycles. The average Bonchev–Trinajstić information content (AvgIpc) is 2.79. The van der Waals surface area contributed by atoms with Gasteiger partial charge in [0.1, 0.15) is 5.82 Å². The SMILES string of the molecule is COc1ccc(C=CC(=O)NCC(c2ccc(F)cc2)N2CCOCC2)cc1OC. The second-order valence-electron chi connectivity index (χ2n) is 6.91. The van der Waals surface area contributed by atoms with Gasteiger partial charge in [0, 0.05) is 25.7 Å². The minimum absolute atomic E-state index is 0.0482. The number of nitrogens with zero attached hydrogens (tertiary/aromatic N) is 1. The largest absolute Gasteiger partial charge is 0.493 e. The number of hydrogen-bond acceptors (Lipinski definition) is 5. The van der Waals surface area contributed by atoms with Crippen LogP contribution in [0, 0.1) is 5.82 Å². The molecule has 0 saturated carbocycles. The molecule has 0 radical (unpaired) electrons. The van der Waals surface area contributed by atoms with Gasteiger partial charge in [-0.05, 0) is 41.5 Å². The van der Waals surface area contributed by atoms with Crippen molar-refractivity contribution in [2.45, 2.75) is 6.04 Å².